The van der Waals surface area contributed by atoms with Gasteiger partial charge in [0.2, 0.25) is 0 Å². The van der Waals surface area contributed by atoms with Crippen LogP contribution in [0.4, 0.5) is 5.69 Å². The van der Waals surface area contributed by atoms with Crippen molar-refractivity contribution in [3.63, 3.8) is 0 Å². The summed E-state index contributed by atoms with van der Waals surface area (Å²) in [5.41, 5.74) is 1.59. The molecule has 1 fully saturated rings. The number of benzene rings is 2. The van der Waals surface area contributed by atoms with Gasteiger partial charge in [-0.25, -0.2) is 0 Å². The van der Waals surface area contributed by atoms with Crippen molar-refractivity contribution in [3.8, 4) is 5.75 Å². The Labute approximate surface area is 171 Å². The summed E-state index contributed by atoms with van der Waals surface area (Å²) >= 11 is 0. The number of hydrogen-bond donors (Lipinski definition) is 2. The Morgan fingerprint density at radius 3 is 2.59 bits per heavy atom. The molecule has 1 atom stereocenters. The Morgan fingerprint density at radius 1 is 1.10 bits per heavy atom. The van der Waals surface area contributed by atoms with Crippen molar-refractivity contribution in [1.82, 2.24) is 5.32 Å². The van der Waals surface area contributed by atoms with Crippen LogP contribution in [0.5, 0.6) is 5.75 Å². The molecule has 1 saturated heterocycles. The third-order valence-electron chi connectivity index (χ3n) is 4.60. The van der Waals surface area contributed by atoms with Crippen LogP contribution in [0, 0.1) is 5.92 Å². The highest BCUT2D eigenvalue weighted by Crippen LogP contribution is 2.16. The second-order valence-corrected chi connectivity index (χ2v) is 7.61. The monoisotopic (exact) mass is 396 g/mol. The van der Waals surface area contributed by atoms with Crippen LogP contribution in [0.3, 0.4) is 0 Å². The predicted molar refractivity (Wildman–Crippen MR) is 112 cm³/mol. The molecule has 29 heavy (non-hydrogen) atoms. The molecule has 2 amide bonds. The lowest BCUT2D eigenvalue weighted by Gasteiger charge is -2.12. The van der Waals surface area contributed by atoms with Gasteiger partial charge in [-0.2, -0.15) is 0 Å². The van der Waals surface area contributed by atoms with E-state index in [2.05, 4.69) is 24.5 Å². The Hall–Kier alpha value is -2.86. The number of rotatable bonds is 8. The van der Waals surface area contributed by atoms with Crippen molar-refractivity contribution in [2.45, 2.75) is 32.8 Å². The molecule has 2 aromatic rings. The maximum absolute atomic E-state index is 12.5. The summed E-state index contributed by atoms with van der Waals surface area (Å²) in [6.45, 7) is 6.05. The summed E-state index contributed by atoms with van der Waals surface area (Å²) in [7, 11) is 0. The maximum atomic E-state index is 12.5. The molecule has 1 unspecified atom stereocenters. The summed E-state index contributed by atoms with van der Waals surface area (Å²) in [5, 5.41) is 5.72. The van der Waals surface area contributed by atoms with Gasteiger partial charge in [0.1, 0.15) is 5.75 Å². The van der Waals surface area contributed by atoms with Crippen LogP contribution in [0.15, 0.2) is 48.5 Å². The fraction of sp³-hybridized carbons (Fsp3) is 0.391. The fourth-order valence-corrected chi connectivity index (χ4v) is 3.02. The molecule has 1 heterocycles. The molecule has 0 aliphatic carbocycles. The molecule has 6 heteroatoms. The average Bonchev–Trinajstić information content (AvgIpc) is 3.24. The van der Waals surface area contributed by atoms with Crippen LogP contribution in [0.1, 0.15) is 47.4 Å². The van der Waals surface area contributed by atoms with Gasteiger partial charge in [-0.15, -0.1) is 0 Å². The first kappa shape index (κ1) is 20.9. The van der Waals surface area contributed by atoms with E-state index >= 15 is 0 Å². The second kappa shape index (κ2) is 10.1. The van der Waals surface area contributed by atoms with Gasteiger partial charge in [0.05, 0.1) is 12.7 Å². The van der Waals surface area contributed by atoms with Crippen molar-refractivity contribution in [2.24, 2.45) is 5.92 Å². The fourth-order valence-electron chi connectivity index (χ4n) is 3.02. The maximum Gasteiger partial charge on any atom is 0.255 e. The molecule has 154 valence electrons. The van der Waals surface area contributed by atoms with Crippen LogP contribution in [-0.2, 0) is 4.74 Å². The van der Waals surface area contributed by atoms with Gasteiger partial charge in [0, 0.05) is 30.0 Å². The SMILES string of the molecule is CC(C)COc1ccc(C(=O)Nc2cccc(C(=O)NCC3CCCO3)c2)cc1. The lowest BCUT2D eigenvalue weighted by molar-refractivity contribution is 0.0857. The van der Waals surface area contributed by atoms with E-state index in [0.717, 1.165) is 25.2 Å². The molecule has 0 aromatic heterocycles. The smallest absolute Gasteiger partial charge is 0.255 e. The summed E-state index contributed by atoms with van der Waals surface area (Å²) in [6.07, 6.45) is 2.10. The number of hydrogen-bond acceptors (Lipinski definition) is 4. The first-order valence-corrected chi connectivity index (χ1v) is 10.1. The zero-order chi connectivity index (χ0) is 20.6. The van der Waals surface area contributed by atoms with Gasteiger partial charge in [-0.3, -0.25) is 9.59 Å². The molecule has 2 aromatic carbocycles. The average molecular weight is 396 g/mol. The largest absolute Gasteiger partial charge is 0.493 e. The number of carbonyl (C=O) groups is 2. The lowest BCUT2D eigenvalue weighted by atomic mass is 10.1. The Kier molecular flexibility index (Phi) is 7.25. The standard InChI is InChI=1S/C23H28N2O4/c1-16(2)15-29-20-10-8-17(9-11-20)23(27)25-19-6-3-5-18(13-19)22(26)24-14-21-7-4-12-28-21/h3,5-6,8-11,13,16,21H,4,7,12,14-15H2,1-2H3,(H,24,26)(H,25,27). The lowest BCUT2D eigenvalue weighted by Crippen LogP contribution is -2.31. The third kappa shape index (κ3) is 6.32. The van der Waals surface area contributed by atoms with E-state index in [1.165, 1.54) is 0 Å². The molecule has 0 spiro atoms. The minimum absolute atomic E-state index is 0.0920. The molecule has 2 N–H and O–H groups in total. The third-order valence-corrected chi connectivity index (χ3v) is 4.60. The van der Waals surface area contributed by atoms with Crippen LogP contribution in [0.25, 0.3) is 0 Å². The molecule has 1 aliphatic rings. The van der Waals surface area contributed by atoms with E-state index in [1.807, 2.05) is 0 Å². The van der Waals surface area contributed by atoms with Crippen molar-refractivity contribution in [1.29, 1.82) is 0 Å². The molecular formula is C23H28N2O4. The van der Waals surface area contributed by atoms with E-state index in [-0.39, 0.29) is 17.9 Å². The zero-order valence-electron chi connectivity index (χ0n) is 16.9. The molecule has 0 radical (unpaired) electrons. The normalized spacial score (nSPS) is 15.9. The number of amides is 2. The molecule has 0 bridgehead atoms. The summed E-state index contributed by atoms with van der Waals surface area (Å²) in [5.74, 6) is 0.758. The molecular weight excluding hydrogens is 368 g/mol. The molecule has 0 saturated carbocycles. The van der Waals surface area contributed by atoms with Gasteiger partial charge in [0.15, 0.2) is 0 Å². The highest BCUT2D eigenvalue weighted by atomic mass is 16.5. The number of nitrogens with one attached hydrogen (secondary N) is 2. The van der Waals surface area contributed by atoms with E-state index in [0.29, 0.717) is 35.9 Å². The Balaban J connectivity index is 1.56. The van der Waals surface area contributed by atoms with Gasteiger partial charge >= 0.3 is 0 Å². The van der Waals surface area contributed by atoms with Gasteiger partial charge in [-0.05, 0) is 61.2 Å². The van der Waals surface area contributed by atoms with Crippen molar-refractivity contribution < 1.29 is 19.1 Å². The zero-order valence-corrected chi connectivity index (χ0v) is 16.9. The molecule has 3 rings (SSSR count). The first-order valence-electron chi connectivity index (χ1n) is 10.1. The Bertz CT molecular complexity index is 827. The minimum Gasteiger partial charge on any atom is -0.493 e. The summed E-state index contributed by atoms with van der Waals surface area (Å²) < 4.78 is 11.2. The van der Waals surface area contributed by atoms with E-state index in [1.54, 1.807) is 48.5 Å². The van der Waals surface area contributed by atoms with Crippen LogP contribution < -0.4 is 15.4 Å². The quantitative estimate of drug-likeness (QED) is 0.710. The van der Waals surface area contributed by atoms with Crippen molar-refractivity contribution in [2.75, 3.05) is 25.1 Å². The predicted octanol–water partition coefficient (Wildman–Crippen LogP) is 3.88. The van der Waals surface area contributed by atoms with Crippen LogP contribution >= 0.6 is 0 Å². The van der Waals surface area contributed by atoms with Gasteiger partial charge in [0.25, 0.3) is 11.8 Å². The second-order valence-electron chi connectivity index (χ2n) is 7.61. The molecule has 1 aliphatic heterocycles. The number of anilines is 1. The minimum atomic E-state index is -0.239. The molecule has 6 nitrogen and oxygen atoms in total. The van der Waals surface area contributed by atoms with Crippen LogP contribution in [-0.4, -0.2) is 37.7 Å². The van der Waals surface area contributed by atoms with E-state index in [4.69, 9.17) is 9.47 Å². The van der Waals surface area contributed by atoms with Gasteiger partial charge < -0.3 is 20.1 Å². The van der Waals surface area contributed by atoms with Crippen LogP contribution in [0.2, 0.25) is 0 Å². The highest BCUT2D eigenvalue weighted by molar-refractivity contribution is 6.05. The van der Waals surface area contributed by atoms with Gasteiger partial charge in [-0.1, -0.05) is 19.9 Å². The van der Waals surface area contributed by atoms with Crippen molar-refractivity contribution >= 4 is 17.5 Å². The van der Waals surface area contributed by atoms with E-state index < -0.39 is 0 Å². The first-order chi connectivity index (χ1) is 14.0. The summed E-state index contributed by atoms with van der Waals surface area (Å²) in [6, 6.07) is 13.9. The highest BCUT2D eigenvalue weighted by Gasteiger charge is 2.17. The number of carbonyl (C=O) groups excluding carboxylic acids is 2. The topological polar surface area (TPSA) is 76.7 Å². The summed E-state index contributed by atoms with van der Waals surface area (Å²) in [4.78, 5) is 24.9. The van der Waals surface area contributed by atoms with Crippen molar-refractivity contribution in [3.05, 3.63) is 59.7 Å². The van der Waals surface area contributed by atoms with E-state index in [9.17, 15) is 9.59 Å². The Morgan fingerprint density at radius 2 is 1.90 bits per heavy atom. The number of ether oxygens (including phenoxy) is 2.